The summed E-state index contributed by atoms with van der Waals surface area (Å²) in [6, 6.07) is 8.02. The predicted octanol–water partition coefficient (Wildman–Crippen LogP) is 2.99. The first-order chi connectivity index (χ1) is 8.17. The van der Waals surface area contributed by atoms with E-state index in [2.05, 4.69) is 39.5 Å². The normalized spacial score (nSPS) is 11.9. The van der Waals surface area contributed by atoms with E-state index in [9.17, 15) is 4.79 Å². The van der Waals surface area contributed by atoms with Gasteiger partial charge in [-0.1, -0.05) is 34.7 Å². The number of methoxy groups -OCH3 is 2. The molecule has 0 aliphatic rings. The number of carbonyl (C=O) groups excluding carboxylic acids is 1. The molecule has 1 atom stereocenters. The van der Waals surface area contributed by atoms with E-state index in [1.165, 1.54) is 12.7 Å². The topological polar surface area (TPSA) is 35.5 Å². The molecule has 17 heavy (non-hydrogen) atoms. The third-order valence-electron chi connectivity index (χ3n) is 2.54. The molecule has 0 aromatic heterocycles. The van der Waals surface area contributed by atoms with Crippen molar-refractivity contribution in [1.82, 2.24) is 0 Å². The average molecular weight is 348 g/mol. The lowest BCUT2D eigenvalue weighted by Crippen LogP contribution is -2.15. The molecule has 0 aliphatic heterocycles. The van der Waals surface area contributed by atoms with E-state index in [1.54, 1.807) is 7.11 Å². The Balaban J connectivity index is 2.33. The average Bonchev–Trinajstić information content (AvgIpc) is 2.38. The first-order valence-corrected chi connectivity index (χ1v) is 6.76. The van der Waals surface area contributed by atoms with Crippen molar-refractivity contribution in [1.29, 1.82) is 0 Å². The summed E-state index contributed by atoms with van der Waals surface area (Å²) in [5.41, 5.74) is 1.26. The van der Waals surface area contributed by atoms with Crippen LogP contribution in [0.5, 0.6) is 5.75 Å². The minimum Gasteiger partial charge on any atom is -0.497 e. The second-order valence-electron chi connectivity index (χ2n) is 3.73. The summed E-state index contributed by atoms with van der Waals surface area (Å²) in [5, 5.41) is 0. The van der Waals surface area contributed by atoms with Gasteiger partial charge < -0.3 is 9.47 Å². The van der Waals surface area contributed by atoms with Gasteiger partial charge in [-0.05, 0) is 37.0 Å². The van der Waals surface area contributed by atoms with Crippen molar-refractivity contribution in [3.8, 4) is 5.75 Å². The van der Waals surface area contributed by atoms with Gasteiger partial charge >= 0.3 is 5.97 Å². The van der Waals surface area contributed by atoms with Crippen LogP contribution in [0.4, 0.5) is 0 Å². The molecule has 0 radical (unpaired) electrons. The van der Waals surface area contributed by atoms with Gasteiger partial charge in [0.05, 0.1) is 14.2 Å². The summed E-state index contributed by atoms with van der Waals surface area (Å²) in [7, 11) is 3.09. The van der Waals surface area contributed by atoms with Crippen molar-refractivity contribution in [3.63, 3.8) is 0 Å². The molecule has 1 aromatic carbocycles. The van der Waals surface area contributed by atoms with Crippen LogP contribution in [0, 0.1) is 0 Å². The number of ether oxygens (including phenoxy) is 2. The van der Waals surface area contributed by atoms with Gasteiger partial charge in [0.15, 0.2) is 0 Å². The van der Waals surface area contributed by atoms with E-state index in [1.807, 2.05) is 12.1 Å². The molecule has 94 valence electrons. The molecule has 0 fully saturated rings. The minimum atomic E-state index is -0.139. The van der Waals surface area contributed by atoms with Gasteiger partial charge in [0.1, 0.15) is 9.67 Å². The second kappa shape index (κ2) is 7.53. The van der Waals surface area contributed by atoms with Crippen molar-refractivity contribution in [2.24, 2.45) is 0 Å². The van der Waals surface area contributed by atoms with Crippen LogP contribution in [0.1, 0.15) is 18.4 Å². The third-order valence-corrected chi connectivity index (χ3v) is 3.67. The molecule has 1 aromatic rings. The fourth-order valence-electron chi connectivity index (χ4n) is 1.52. The van der Waals surface area contributed by atoms with E-state index in [0.717, 1.165) is 25.0 Å². The fourth-order valence-corrected chi connectivity index (χ4v) is 2.22. The summed E-state index contributed by atoms with van der Waals surface area (Å²) in [6.07, 6.45) is 2.80. The molecule has 0 saturated heterocycles. The maximum atomic E-state index is 11.2. The van der Waals surface area contributed by atoms with Crippen LogP contribution < -0.4 is 4.74 Å². The highest BCUT2D eigenvalue weighted by Crippen LogP contribution is 2.16. The quantitative estimate of drug-likeness (QED) is 0.450. The highest BCUT2D eigenvalue weighted by Gasteiger charge is 2.13. The largest absolute Gasteiger partial charge is 0.497 e. The maximum absolute atomic E-state index is 11.2. The van der Waals surface area contributed by atoms with Crippen molar-refractivity contribution in [3.05, 3.63) is 29.8 Å². The first kappa shape index (κ1) is 14.3. The summed E-state index contributed by atoms with van der Waals surface area (Å²) in [4.78, 5) is 11.2. The molecule has 0 saturated carbocycles. The molecule has 0 bridgehead atoms. The number of alkyl halides is 1. The van der Waals surface area contributed by atoms with Gasteiger partial charge in [-0.15, -0.1) is 0 Å². The van der Waals surface area contributed by atoms with Gasteiger partial charge in [0.25, 0.3) is 0 Å². The molecule has 0 amide bonds. The van der Waals surface area contributed by atoms with Gasteiger partial charge in [0, 0.05) is 0 Å². The summed E-state index contributed by atoms with van der Waals surface area (Å²) >= 11 is 2.13. The molecular formula is C13H17IO3. The Morgan fingerprint density at radius 1 is 1.29 bits per heavy atom. The SMILES string of the molecule is COC(=O)C(I)CCCc1ccc(OC)cc1. The van der Waals surface area contributed by atoms with Crippen LogP contribution in [0.3, 0.4) is 0 Å². The fraction of sp³-hybridized carbons (Fsp3) is 0.462. The molecule has 0 spiro atoms. The molecule has 0 heterocycles. The van der Waals surface area contributed by atoms with Crippen molar-refractivity contribution in [2.45, 2.75) is 23.2 Å². The Morgan fingerprint density at radius 2 is 1.94 bits per heavy atom. The lowest BCUT2D eigenvalue weighted by Gasteiger charge is -2.07. The zero-order chi connectivity index (χ0) is 12.7. The van der Waals surface area contributed by atoms with Crippen LogP contribution in [-0.4, -0.2) is 24.1 Å². The molecule has 1 rings (SSSR count). The van der Waals surface area contributed by atoms with E-state index in [4.69, 9.17) is 4.74 Å². The first-order valence-electron chi connectivity index (χ1n) is 5.52. The van der Waals surface area contributed by atoms with Crippen LogP contribution in [0.15, 0.2) is 24.3 Å². The van der Waals surface area contributed by atoms with Crippen molar-refractivity contribution >= 4 is 28.6 Å². The second-order valence-corrected chi connectivity index (χ2v) is 5.23. The van der Waals surface area contributed by atoms with E-state index in [-0.39, 0.29) is 9.89 Å². The monoisotopic (exact) mass is 348 g/mol. The summed E-state index contributed by atoms with van der Waals surface area (Å²) in [5.74, 6) is 0.732. The van der Waals surface area contributed by atoms with Crippen LogP contribution in [0.2, 0.25) is 0 Å². The van der Waals surface area contributed by atoms with Crippen LogP contribution in [0.25, 0.3) is 0 Å². The Labute approximate surface area is 116 Å². The number of benzene rings is 1. The Hall–Kier alpha value is -0.780. The number of hydrogen-bond donors (Lipinski definition) is 0. The number of esters is 1. The van der Waals surface area contributed by atoms with E-state index in [0.29, 0.717) is 0 Å². The molecule has 3 nitrogen and oxygen atoms in total. The molecule has 0 N–H and O–H groups in total. The van der Waals surface area contributed by atoms with E-state index < -0.39 is 0 Å². The third kappa shape index (κ3) is 4.93. The van der Waals surface area contributed by atoms with Crippen molar-refractivity contribution in [2.75, 3.05) is 14.2 Å². The number of hydrogen-bond acceptors (Lipinski definition) is 3. The highest BCUT2D eigenvalue weighted by molar-refractivity contribution is 14.1. The number of rotatable bonds is 6. The van der Waals surface area contributed by atoms with E-state index >= 15 is 0 Å². The Morgan fingerprint density at radius 3 is 2.47 bits per heavy atom. The van der Waals surface area contributed by atoms with Crippen molar-refractivity contribution < 1.29 is 14.3 Å². The summed E-state index contributed by atoms with van der Waals surface area (Å²) in [6.45, 7) is 0. The highest BCUT2D eigenvalue weighted by atomic mass is 127. The molecular weight excluding hydrogens is 331 g/mol. The zero-order valence-corrected chi connectivity index (χ0v) is 12.3. The predicted molar refractivity (Wildman–Crippen MR) is 75.8 cm³/mol. The lowest BCUT2D eigenvalue weighted by atomic mass is 10.1. The minimum absolute atomic E-state index is 0.0455. The maximum Gasteiger partial charge on any atom is 0.318 e. The number of halogens is 1. The lowest BCUT2D eigenvalue weighted by molar-refractivity contribution is -0.139. The van der Waals surface area contributed by atoms with Gasteiger partial charge in [-0.2, -0.15) is 0 Å². The van der Waals surface area contributed by atoms with Crippen LogP contribution >= 0.6 is 22.6 Å². The number of carbonyl (C=O) groups is 1. The zero-order valence-electron chi connectivity index (χ0n) is 10.1. The standard InChI is InChI=1S/C13H17IO3/c1-16-11-8-6-10(7-9-11)4-3-5-12(14)13(15)17-2/h6-9,12H,3-5H2,1-2H3. The van der Waals surface area contributed by atoms with Gasteiger partial charge in [0.2, 0.25) is 0 Å². The van der Waals surface area contributed by atoms with Gasteiger partial charge in [-0.3, -0.25) is 4.79 Å². The number of aryl methyl sites for hydroxylation is 1. The molecule has 0 aliphatic carbocycles. The smallest absolute Gasteiger partial charge is 0.318 e. The van der Waals surface area contributed by atoms with Crippen LogP contribution in [-0.2, 0) is 16.0 Å². The Kier molecular flexibility index (Phi) is 6.32. The molecule has 4 heteroatoms. The molecule has 1 unspecified atom stereocenters. The summed E-state index contributed by atoms with van der Waals surface area (Å²) < 4.78 is 9.73. The Bertz CT molecular complexity index is 348. The van der Waals surface area contributed by atoms with Gasteiger partial charge in [-0.25, -0.2) is 0 Å².